The highest BCUT2D eigenvalue weighted by Gasteiger charge is 2.26. The third-order valence-electron chi connectivity index (χ3n) is 4.20. The van der Waals surface area contributed by atoms with Gasteiger partial charge in [0.15, 0.2) is 5.76 Å². The highest BCUT2D eigenvalue weighted by Crippen LogP contribution is 2.34. The molecule has 0 aliphatic carbocycles. The lowest BCUT2D eigenvalue weighted by Gasteiger charge is -2.17. The molecule has 0 aliphatic rings. The molecule has 1 N–H and O–H groups in total. The maximum Gasteiger partial charge on any atom is 0.306 e. The monoisotopic (exact) mass is 431 g/mol. The van der Waals surface area contributed by atoms with Crippen LogP contribution in [0.5, 0.6) is 5.75 Å². The van der Waals surface area contributed by atoms with Gasteiger partial charge in [-0.15, -0.1) is 11.8 Å². The molecular formula is C21H18ClNO5S. The minimum Gasteiger partial charge on any atom is -0.502 e. The lowest BCUT2D eigenvalue weighted by molar-refractivity contribution is -0.140. The number of methoxy groups -OCH3 is 1. The molecule has 29 heavy (non-hydrogen) atoms. The van der Waals surface area contributed by atoms with Crippen molar-refractivity contribution >= 4 is 29.3 Å². The molecule has 0 amide bonds. The molecule has 0 fully saturated rings. The first-order chi connectivity index (χ1) is 14.0. The number of thioether (sulfide) groups is 1. The van der Waals surface area contributed by atoms with Crippen molar-refractivity contribution in [3.63, 3.8) is 0 Å². The lowest BCUT2D eigenvalue weighted by Crippen LogP contribution is -2.14. The van der Waals surface area contributed by atoms with Crippen LogP contribution in [-0.2, 0) is 15.3 Å². The molecule has 8 heteroatoms. The minimum atomic E-state index is -0.704. The fourth-order valence-electron chi connectivity index (χ4n) is 2.74. The number of hydrogen-bond acceptors (Lipinski definition) is 7. The van der Waals surface area contributed by atoms with E-state index in [0.29, 0.717) is 22.1 Å². The molecule has 1 atom stereocenters. The van der Waals surface area contributed by atoms with Gasteiger partial charge in [0.1, 0.15) is 5.76 Å². The number of esters is 1. The Bertz CT molecular complexity index is 1040. The summed E-state index contributed by atoms with van der Waals surface area (Å²) >= 11 is 7.35. The van der Waals surface area contributed by atoms with Crippen molar-refractivity contribution in [2.24, 2.45) is 0 Å². The Morgan fingerprint density at radius 3 is 2.72 bits per heavy atom. The fourth-order valence-corrected chi connectivity index (χ4v) is 3.65. The second-order valence-electron chi connectivity index (χ2n) is 6.15. The highest BCUT2D eigenvalue weighted by molar-refractivity contribution is 7.98. The first kappa shape index (κ1) is 21.0. The van der Waals surface area contributed by atoms with Crippen molar-refractivity contribution in [2.75, 3.05) is 7.11 Å². The van der Waals surface area contributed by atoms with Crippen LogP contribution in [0.2, 0.25) is 5.02 Å². The summed E-state index contributed by atoms with van der Waals surface area (Å²) < 4.78 is 10.6. The van der Waals surface area contributed by atoms with Crippen LogP contribution < -0.4 is 5.43 Å². The van der Waals surface area contributed by atoms with Crippen molar-refractivity contribution in [1.29, 1.82) is 0 Å². The summed E-state index contributed by atoms with van der Waals surface area (Å²) in [5.74, 6) is -0.972. The van der Waals surface area contributed by atoms with Crippen LogP contribution in [0.25, 0.3) is 0 Å². The predicted molar refractivity (Wildman–Crippen MR) is 110 cm³/mol. The molecule has 0 spiro atoms. The number of rotatable bonds is 7. The number of benzene rings is 1. The number of pyridine rings is 1. The van der Waals surface area contributed by atoms with E-state index in [4.69, 9.17) is 20.8 Å². The maximum atomic E-state index is 12.3. The van der Waals surface area contributed by atoms with E-state index < -0.39 is 23.1 Å². The molecule has 0 bridgehead atoms. The van der Waals surface area contributed by atoms with Gasteiger partial charge in [-0.25, -0.2) is 0 Å². The summed E-state index contributed by atoms with van der Waals surface area (Å²) in [5.41, 5.74) is 0.0515. The largest absolute Gasteiger partial charge is 0.502 e. The zero-order valence-electron chi connectivity index (χ0n) is 15.5. The summed E-state index contributed by atoms with van der Waals surface area (Å²) in [6.07, 6.45) is 3.04. The molecule has 3 aromatic rings. The SMILES string of the molecule is COC(=O)CC(c1cccnc1)c1oc(CSc2ccc(Cl)cc2)cc(=O)c1O. The highest BCUT2D eigenvalue weighted by atomic mass is 35.5. The van der Waals surface area contributed by atoms with Gasteiger partial charge >= 0.3 is 5.97 Å². The number of carbonyl (C=O) groups is 1. The van der Waals surface area contributed by atoms with Crippen LogP contribution in [0.1, 0.15) is 29.4 Å². The van der Waals surface area contributed by atoms with Crippen LogP contribution in [0.3, 0.4) is 0 Å². The molecule has 1 aromatic carbocycles. The molecule has 0 radical (unpaired) electrons. The zero-order valence-corrected chi connectivity index (χ0v) is 17.1. The van der Waals surface area contributed by atoms with E-state index in [1.165, 1.54) is 24.9 Å². The summed E-state index contributed by atoms with van der Waals surface area (Å²) in [6, 6.07) is 12.0. The number of aromatic nitrogens is 1. The maximum absolute atomic E-state index is 12.3. The number of aromatic hydroxyl groups is 1. The summed E-state index contributed by atoms with van der Waals surface area (Å²) in [5, 5.41) is 11.0. The van der Waals surface area contributed by atoms with Gasteiger partial charge in [-0.2, -0.15) is 0 Å². The molecule has 2 aromatic heterocycles. The number of hydrogen-bond donors (Lipinski definition) is 1. The van der Waals surface area contributed by atoms with Gasteiger partial charge in [-0.05, 0) is 35.9 Å². The number of ether oxygens (including phenoxy) is 1. The number of carbonyl (C=O) groups excluding carboxylic acids is 1. The standard InChI is InChI=1S/C21H18ClNO5S/c1-27-19(25)10-17(13-3-2-8-23-11-13)21-20(26)18(24)9-15(28-21)12-29-16-6-4-14(22)5-7-16/h2-9,11,17,26H,10,12H2,1H3. The van der Waals surface area contributed by atoms with Crippen LogP contribution >= 0.6 is 23.4 Å². The third-order valence-corrected chi connectivity index (χ3v) is 5.48. The van der Waals surface area contributed by atoms with E-state index in [-0.39, 0.29) is 12.2 Å². The second kappa shape index (κ2) is 9.62. The molecule has 0 saturated carbocycles. The van der Waals surface area contributed by atoms with Gasteiger partial charge in [0.2, 0.25) is 11.2 Å². The minimum absolute atomic E-state index is 0.0163. The summed E-state index contributed by atoms with van der Waals surface area (Å²) in [4.78, 5) is 29.3. The van der Waals surface area contributed by atoms with Gasteiger partial charge in [-0.3, -0.25) is 14.6 Å². The molecule has 1 unspecified atom stereocenters. The van der Waals surface area contributed by atoms with E-state index in [1.807, 2.05) is 12.1 Å². The van der Waals surface area contributed by atoms with E-state index >= 15 is 0 Å². The average Bonchev–Trinajstić information content (AvgIpc) is 2.74. The molecule has 150 valence electrons. The van der Waals surface area contributed by atoms with Crippen molar-refractivity contribution in [3.05, 3.63) is 87.2 Å². The Morgan fingerprint density at radius 1 is 1.31 bits per heavy atom. The lowest BCUT2D eigenvalue weighted by atomic mass is 9.93. The van der Waals surface area contributed by atoms with E-state index in [1.54, 1.807) is 36.7 Å². The van der Waals surface area contributed by atoms with Gasteiger partial charge in [0.05, 0.1) is 25.2 Å². The summed E-state index contributed by atoms with van der Waals surface area (Å²) in [6.45, 7) is 0. The van der Waals surface area contributed by atoms with Crippen molar-refractivity contribution < 1.29 is 19.1 Å². The molecule has 6 nitrogen and oxygen atoms in total. The second-order valence-corrected chi connectivity index (χ2v) is 7.64. The third kappa shape index (κ3) is 5.40. The number of halogens is 1. The predicted octanol–water partition coefficient (Wildman–Crippen LogP) is 4.38. The average molecular weight is 432 g/mol. The normalized spacial score (nSPS) is 11.8. The van der Waals surface area contributed by atoms with Gasteiger partial charge in [0.25, 0.3) is 0 Å². The Labute approximate surface area is 176 Å². The quantitative estimate of drug-likeness (QED) is 0.438. The zero-order chi connectivity index (χ0) is 20.8. The number of nitrogens with zero attached hydrogens (tertiary/aromatic N) is 1. The molecule has 0 aliphatic heterocycles. The van der Waals surface area contributed by atoms with Crippen molar-refractivity contribution in [3.8, 4) is 5.75 Å². The Kier molecular flexibility index (Phi) is 6.95. The van der Waals surface area contributed by atoms with Gasteiger partial charge < -0.3 is 14.3 Å². The first-order valence-corrected chi connectivity index (χ1v) is 10.0. The van der Waals surface area contributed by atoms with Gasteiger partial charge in [0, 0.05) is 28.4 Å². The topological polar surface area (TPSA) is 89.6 Å². The molecule has 2 heterocycles. The van der Waals surface area contributed by atoms with E-state index in [9.17, 15) is 14.7 Å². The molecular weight excluding hydrogens is 414 g/mol. The van der Waals surface area contributed by atoms with Crippen LogP contribution in [-0.4, -0.2) is 23.2 Å². The van der Waals surface area contributed by atoms with Crippen LogP contribution in [0.4, 0.5) is 0 Å². The molecule has 3 rings (SSSR count). The van der Waals surface area contributed by atoms with E-state index in [0.717, 1.165) is 4.90 Å². The Balaban J connectivity index is 1.94. The fraction of sp³-hybridized carbons (Fsp3) is 0.190. The van der Waals surface area contributed by atoms with Crippen molar-refractivity contribution in [2.45, 2.75) is 23.0 Å². The first-order valence-electron chi connectivity index (χ1n) is 8.69. The Hall–Kier alpha value is -2.77. The van der Waals surface area contributed by atoms with Crippen LogP contribution in [0, 0.1) is 0 Å². The smallest absolute Gasteiger partial charge is 0.306 e. The Morgan fingerprint density at radius 2 is 2.07 bits per heavy atom. The van der Waals surface area contributed by atoms with E-state index in [2.05, 4.69) is 4.98 Å². The van der Waals surface area contributed by atoms with Crippen LogP contribution in [0.15, 0.2) is 69.0 Å². The summed E-state index contributed by atoms with van der Waals surface area (Å²) in [7, 11) is 1.28. The molecule has 0 saturated heterocycles. The van der Waals surface area contributed by atoms with Crippen molar-refractivity contribution in [1.82, 2.24) is 4.98 Å². The van der Waals surface area contributed by atoms with Gasteiger partial charge in [-0.1, -0.05) is 17.7 Å².